The lowest BCUT2D eigenvalue weighted by atomic mass is 10.2. The van der Waals surface area contributed by atoms with Gasteiger partial charge in [0, 0.05) is 45.3 Å². The van der Waals surface area contributed by atoms with E-state index in [4.69, 9.17) is 4.74 Å². The van der Waals surface area contributed by atoms with Crippen LogP contribution in [0.3, 0.4) is 0 Å². The average molecular weight is 262 g/mol. The monoisotopic (exact) mass is 262 g/mol. The molecule has 102 valence electrons. The van der Waals surface area contributed by atoms with Crippen molar-refractivity contribution in [2.45, 2.75) is 12.5 Å². The molecule has 1 amide bonds. The van der Waals surface area contributed by atoms with Gasteiger partial charge in [0.2, 0.25) is 0 Å². The van der Waals surface area contributed by atoms with E-state index in [0.717, 1.165) is 32.7 Å². The van der Waals surface area contributed by atoms with Crippen LogP contribution in [0.2, 0.25) is 0 Å². The number of pyridine rings is 1. The molecule has 2 aliphatic heterocycles. The van der Waals surface area contributed by atoms with Crippen LogP contribution in [-0.4, -0.2) is 54.6 Å². The molecular formula is C13H18N4O2. The third kappa shape index (κ3) is 2.85. The molecule has 1 atom stereocenters. The van der Waals surface area contributed by atoms with Crippen LogP contribution in [0.1, 0.15) is 6.42 Å². The first-order valence-corrected chi connectivity index (χ1v) is 6.68. The van der Waals surface area contributed by atoms with Crippen LogP contribution in [0.5, 0.6) is 5.75 Å². The van der Waals surface area contributed by atoms with Crippen molar-refractivity contribution in [1.29, 1.82) is 0 Å². The third-order valence-corrected chi connectivity index (χ3v) is 3.49. The van der Waals surface area contributed by atoms with E-state index < -0.39 is 6.10 Å². The van der Waals surface area contributed by atoms with Crippen molar-refractivity contribution in [2.24, 2.45) is 0 Å². The van der Waals surface area contributed by atoms with E-state index in [2.05, 4.69) is 20.5 Å². The number of aromatic nitrogens is 1. The fourth-order valence-electron chi connectivity index (χ4n) is 2.41. The van der Waals surface area contributed by atoms with Gasteiger partial charge in [-0.1, -0.05) is 0 Å². The molecule has 0 spiro atoms. The van der Waals surface area contributed by atoms with Gasteiger partial charge in [-0.3, -0.25) is 4.79 Å². The predicted octanol–water partition coefficient (Wildman–Crippen LogP) is 0.0764. The zero-order valence-electron chi connectivity index (χ0n) is 10.8. The highest BCUT2D eigenvalue weighted by Gasteiger charge is 2.28. The highest BCUT2D eigenvalue weighted by Crippen LogP contribution is 2.27. The molecule has 1 saturated heterocycles. The van der Waals surface area contributed by atoms with E-state index in [1.54, 1.807) is 6.20 Å². The molecule has 3 rings (SSSR count). The van der Waals surface area contributed by atoms with Crippen LogP contribution in [-0.2, 0) is 4.79 Å². The minimum absolute atomic E-state index is 0.0960. The van der Waals surface area contributed by atoms with Gasteiger partial charge in [-0.15, -0.1) is 0 Å². The average Bonchev–Trinajstić information content (AvgIpc) is 2.46. The Balaban J connectivity index is 1.58. The number of rotatable bonds is 3. The summed E-state index contributed by atoms with van der Waals surface area (Å²) in [5.74, 6) is 1.08. The molecule has 3 heterocycles. The maximum Gasteiger partial charge on any atom is 0.266 e. The Bertz CT molecular complexity index is 460. The van der Waals surface area contributed by atoms with E-state index in [1.165, 1.54) is 0 Å². The van der Waals surface area contributed by atoms with Gasteiger partial charge in [0.15, 0.2) is 17.7 Å². The van der Waals surface area contributed by atoms with Gasteiger partial charge in [-0.25, -0.2) is 4.98 Å². The second-order valence-corrected chi connectivity index (χ2v) is 4.83. The molecule has 6 heteroatoms. The van der Waals surface area contributed by atoms with Gasteiger partial charge in [0.1, 0.15) is 0 Å². The number of hydrogen-bond donors (Lipinski definition) is 2. The van der Waals surface area contributed by atoms with Gasteiger partial charge in [0.05, 0.1) is 0 Å². The Hall–Kier alpha value is -1.66. The molecule has 0 aromatic carbocycles. The number of nitrogens with one attached hydrogen (secondary N) is 2. The fourth-order valence-corrected chi connectivity index (χ4v) is 2.41. The zero-order valence-corrected chi connectivity index (χ0v) is 10.8. The SMILES string of the molecule is O=C1Nc2ncccc2OC1CCN1CCNCC1. The molecular weight excluding hydrogens is 244 g/mol. The Labute approximate surface area is 112 Å². The molecule has 0 aliphatic carbocycles. The summed E-state index contributed by atoms with van der Waals surface area (Å²) < 4.78 is 5.72. The van der Waals surface area contributed by atoms with Crippen molar-refractivity contribution >= 4 is 11.7 Å². The minimum atomic E-state index is -0.411. The van der Waals surface area contributed by atoms with Gasteiger partial charge in [-0.2, -0.15) is 0 Å². The van der Waals surface area contributed by atoms with Crippen molar-refractivity contribution in [2.75, 3.05) is 38.0 Å². The quantitative estimate of drug-likeness (QED) is 0.807. The van der Waals surface area contributed by atoms with Crippen molar-refractivity contribution in [3.63, 3.8) is 0 Å². The molecule has 2 aliphatic rings. The Morgan fingerprint density at radius 3 is 3.11 bits per heavy atom. The van der Waals surface area contributed by atoms with Crippen molar-refractivity contribution in [3.8, 4) is 5.75 Å². The molecule has 0 saturated carbocycles. The van der Waals surface area contributed by atoms with Crippen molar-refractivity contribution in [3.05, 3.63) is 18.3 Å². The molecule has 1 fully saturated rings. The first-order chi connectivity index (χ1) is 9.33. The van der Waals surface area contributed by atoms with Gasteiger partial charge in [0.25, 0.3) is 5.91 Å². The van der Waals surface area contributed by atoms with Crippen LogP contribution in [0.15, 0.2) is 18.3 Å². The maximum atomic E-state index is 11.9. The lowest BCUT2D eigenvalue weighted by Gasteiger charge is -2.30. The van der Waals surface area contributed by atoms with Crippen LogP contribution < -0.4 is 15.4 Å². The maximum absolute atomic E-state index is 11.9. The molecule has 2 N–H and O–H groups in total. The van der Waals surface area contributed by atoms with Crippen molar-refractivity contribution < 1.29 is 9.53 Å². The number of anilines is 1. The number of nitrogens with zero attached hydrogens (tertiary/aromatic N) is 2. The second kappa shape index (κ2) is 5.54. The number of amides is 1. The molecule has 1 aromatic rings. The second-order valence-electron chi connectivity index (χ2n) is 4.83. The Morgan fingerprint density at radius 1 is 1.42 bits per heavy atom. The molecule has 0 radical (unpaired) electrons. The lowest BCUT2D eigenvalue weighted by molar-refractivity contribution is -0.124. The molecule has 1 unspecified atom stereocenters. The van der Waals surface area contributed by atoms with Crippen LogP contribution >= 0.6 is 0 Å². The number of carbonyl (C=O) groups excluding carboxylic acids is 1. The Morgan fingerprint density at radius 2 is 2.26 bits per heavy atom. The van der Waals surface area contributed by atoms with Crippen molar-refractivity contribution in [1.82, 2.24) is 15.2 Å². The van der Waals surface area contributed by atoms with E-state index in [9.17, 15) is 4.79 Å². The van der Waals surface area contributed by atoms with Gasteiger partial charge >= 0.3 is 0 Å². The summed E-state index contributed by atoms with van der Waals surface area (Å²) in [5, 5.41) is 6.11. The molecule has 0 bridgehead atoms. The van der Waals surface area contributed by atoms with Crippen LogP contribution in [0.4, 0.5) is 5.82 Å². The Kier molecular flexibility index (Phi) is 3.61. The topological polar surface area (TPSA) is 66.5 Å². The highest BCUT2D eigenvalue weighted by atomic mass is 16.5. The highest BCUT2D eigenvalue weighted by molar-refractivity contribution is 5.96. The first kappa shape index (κ1) is 12.4. The van der Waals surface area contributed by atoms with E-state index in [1.807, 2.05) is 12.1 Å². The number of carbonyl (C=O) groups is 1. The zero-order chi connectivity index (χ0) is 13.1. The molecule has 1 aromatic heterocycles. The van der Waals surface area contributed by atoms with Crippen LogP contribution in [0, 0.1) is 0 Å². The summed E-state index contributed by atoms with van der Waals surface area (Å²) in [6.45, 7) is 4.99. The largest absolute Gasteiger partial charge is 0.477 e. The summed E-state index contributed by atoms with van der Waals surface area (Å²) in [4.78, 5) is 18.4. The van der Waals surface area contributed by atoms with Gasteiger partial charge in [-0.05, 0) is 12.1 Å². The van der Waals surface area contributed by atoms with E-state index in [-0.39, 0.29) is 5.91 Å². The summed E-state index contributed by atoms with van der Waals surface area (Å²) in [6.07, 6.45) is 1.94. The van der Waals surface area contributed by atoms with Crippen LogP contribution in [0.25, 0.3) is 0 Å². The number of fused-ring (bicyclic) bond motifs is 1. The third-order valence-electron chi connectivity index (χ3n) is 3.49. The summed E-state index contributed by atoms with van der Waals surface area (Å²) in [5.41, 5.74) is 0. The summed E-state index contributed by atoms with van der Waals surface area (Å²) in [7, 11) is 0. The predicted molar refractivity (Wildman–Crippen MR) is 71.2 cm³/mol. The number of piperazine rings is 1. The first-order valence-electron chi connectivity index (χ1n) is 6.68. The molecule has 19 heavy (non-hydrogen) atoms. The number of hydrogen-bond acceptors (Lipinski definition) is 5. The molecule has 6 nitrogen and oxygen atoms in total. The summed E-state index contributed by atoms with van der Waals surface area (Å²) in [6, 6.07) is 3.64. The lowest BCUT2D eigenvalue weighted by Crippen LogP contribution is -2.46. The normalized spacial score (nSPS) is 23.4. The van der Waals surface area contributed by atoms with Gasteiger partial charge < -0.3 is 20.3 Å². The smallest absolute Gasteiger partial charge is 0.266 e. The standard InChI is InChI=1S/C13H18N4O2/c18-13-11(3-7-17-8-5-14-6-9-17)19-10-2-1-4-15-12(10)16-13/h1-2,4,11,14H,3,5-9H2,(H,15,16,18). The minimum Gasteiger partial charge on any atom is -0.477 e. The summed E-state index contributed by atoms with van der Waals surface area (Å²) >= 11 is 0. The fraction of sp³-hybridized carbons (Fsp3) is 0.538. The van der Waals surface area contributed by atoms with E-state index >= 15 is 0 Å². The number of ether oxygens (including phenoxy) is 1. The van der Waals surface area contributed by atoms with E-state index in [0.29, 0.717) is 18.0 Å².